The first-order chi connectivity index (χ1) is 14.7. The van der Waals surface area contributed by atoms with Gasteiger partial charge in [-0.1, -0.05) is 30.3 Å². The Morgan fingerprint density at radius 3 is 2.43 bits per heavy atom. The summed E-state index contributed by atoms with van der Waals surface area (Å²) in [7, 11) is 3.19. The molecule has 2 aromatic carbocycles. The highest BCUT2D eigenvalue weighted by molar-refractivity contribution is 5.97. The number of amides is 1. The van der Waals surface area contributed by atoms with Gasteiger partial charge < -0.3 is 19.1 Å². The maximum Gasteiger partial charge on any atom is 0.257 e. The molecule has 0 radical (unpaired) electrons. The van der Waals surface area contributed by atoms with Gasteiger partial charge in [0.2, 0.25) is 0 Å². The van der Waals surface area contributed by atoms with E-state index in [4.69, 9.17) is 14.2 Å². The lowest BCUT2D eigenvalue weighted by Crippen LogP contribution is -2.63. The normalized spacial score (nSPS) is 17.6. The van der Waals surface area contributed by atoms with Crippen LogP contribution in [-0.4, -0.2) is 68.3 Å². The monoisotopic (exact) mass is 410 g/mol. The third-order valence-electron chi connectivity index (χ3n) is 6.13. The zero-order valence-electron chi connectivity index (χ0n) is 17.8. The molecule has 2 fully saturated rings. The SMILES string of the molecule is COc1ccc(C(=O)N2CC(N(Cc3ccccc3)C3CCOCC3)C2)c(OC)c1. The van der Waals surface area contributed by atoms with E-state index in [9.17, 15) is 4.79 Å². The van der Waals surface area contributed by atoms with Crippen LogP contribution >= 0.6 is 0 Å². The molecule has 0 bridgehead atoms. The van der Waals surface area contributed by atoms with Gasteiger partial charge in [0, 0.05) is 51.0 Å². The van der Waals surface area contributed by atoms with Gasteiger partial charge in [-0.15, -0.1) is 0 Å². The second-order valence-corrected chi connectivity index (χ2v) is 7.93. The van der Waals surface area contributed by atoms with Gasteiger partial charge >= 0.3 is 0 Å². The standard InChI is InChI=1S/C24H30N2O4/c1-28-21-8-9-22(23(14-21)29-2)24(27)25-16-20(17-25)26(19-10-12-30-13-11-19)15-18-6-4-3-5-7-18/h3-9,14,19-20H,10-13,15-17H2,1-2H3. The highest BCUT2D eigenvalue weighted by Crippen LogP contribution is 2.30. The van der Waals surface area contributed by atoms with Crippen LogP contribution in [-0.2, 0) is 11.3 Å². The van der Waals surface area contributed by atoms with Gasteiger partial charge in [-0.05, 0) is 30.5 Å². The maximum atomic E-state index is 13.1. The van der Waals surface area contributed by atoms with E-state index in [1.54, 1.807) is 32.4 Å². The van der Waals surface area contributed by atoms with Crippen LogP contribution in [0.4, 0.5) is 0 Å². The molecule has 0 unspecified atom stereocenters. The average molecular weight is 411 g/mol. The molecule has 30 heavy (non-hydrogen) atoms. The summed E-state index contributed by atoms with van der Waals surface area (Å²) >= 11 is 0. The number of nitrogens with zero attached hydrogens (tertiary/aromatic N) is 2. The van der Waals surface area contributed by atoms with Crippen LogP contribution in [0.2, 0.25) is 0 Å². The van der Waals surface area contributed by atoms with Gasteiger partial charge in [0.1, 0.15) is 11.5 Å². The van der Waals surface area contributed by atoms with E-state index in [2.05, 4.69) is 29.2 Å². The molecule has 6 heteroatoms. The molecule has 2 heterocycles. The molecule has 0 N–H and O–H groups in total. The summed E-state index contributed by atoms with van der Waals surface area (Å²) < 4.78 is 16.2. The second kappa shape index (κ2) is 9.49. The summed E-state index contributed by atoms with van der Waals surface area (Å²) in [4.78, 5) is 17.6. The first-order valence-electron chi connectivity index (χ1n) is 10.6. The summed E-state index contributed by atoms with van der Waals surface area (Å²) in [6.07, 6.45) is 2.09. The Bertz CT molecular complexity index is 846. The number of hydrogen-bond acceptors (Lipinski definition) is 5. The zero-order chi connectivity index (χ0) is 20.9. The molecule has 2 saturated heterocycles. The third kappa shape index (κ3) is 4.45. The van der Waals surface area contributed by atoms with E-state index >= 15 is 0 Å². The fraction of sp³-hybridized carbons (Fsp3) is 0.458. The quantitative estimate of drug-likeness (QED) is 0.702. The van der Waals surface area contributed by atoms with Crippen molar-refractivity contribution in [3.05, 3.63) is 59.7 Å². The maximum absolute atomic E-state index is 13.1. The van der Waals surface area contributed by atoms with Crippen molar-refractivity contribution in [2.45, 2.75) is 31.5 Å². The Labute approximate surface area is 178 Å². The second-order valence-electron chi connectivity index (χ2n) is 7.93. The summed E-state index contributed by atoms with van der Waals surface area (Å²) in [5.41, 5.74) is 1.89. The van der Waals surface area contributed by atoms with E-state index in [0.717, 1.165) is 45.7 Å². The van der Waals surface area contributed by atoms with Crippen LogP contribution in [0.3, 0.4) is 0 Å². The van der Waals surface area contributed by atoms with Crippen molar-refractivity contribution in [3.8, 4) is 11.5 Å². The predicted molar refractivity (Wildman–Crippen MR) is 115 cm³/mol. The van der Waals surface area contributed by atoms with Crippen molar-refractivity contribution >= 4 is 5.91 Å². The Kier molecular flexibility index (Phi) is 6.55. The molecule has 2 aromatic rings. The van der Waals surface area contributed by atoms with Gasteiger partial charge in [0.15, 0.2) is 0 Å². The molecule has 2 aliphatic heterocycles. The van der Waals surface area contributed by atoms with E-state index in [1.807, 2.05) is 11.0 Å². The average Bonchev–Trinajstić information content (AvgIpc) is 2.78. The van der Waals surface area contributed by atoms with Crippen LogP contribution in [0.1, 0.15) is 28.8 Å². The molecule has 160 valence electrons. The largest absolute Gasteiger partial charge is 0.497 e. The van der Waals surface area contributed by atoms with Crippen molar-refractivity contribution in [3.63, 3.8) is 0 Å². The third-order valence-corrected chi connectivity index (χ3v) is 6.13. The van der Waals surface area contributed by atoms with Crippen molar-refractivity contribution in [2.75, 3.05) is 40.5 Å². The molecule has 0 saturated carbocycles. The fourth-order valence-corrected chi connectivity index (χ4v) is 4.34. The zero-order valence-corrected chi connectivity index (χ0v) is 17.8. The van der Waals surface area contributed by atoms with Gasteiger partial charge in [0.25, 0.3) is 5.91 Å². The van der Waals surface area contributed by atoms with Crippen molar-refractivity contribution < 1.29 is 19.0 Å². The lowest BCUT2D eigenvalue weighted by atomic mass is 9.98. The van der Waals surface area contributed by atoms with Crippen LogP contribution in [0.5, 0.6) is 11.5 Å². The lowest BCUT2D eigenvalue weighted by molar-refractivity contribution is -0.0290. The number of hydrogen-bond donors (Lipinski definition) is 0. The molecule has 2 aliphatic rings. The molecule has 0 aliphatic carbocycles. The minimum atomic E-state index is 0.0115. The van der Waals surface area contributed by atoms with E-state index < -0.39 is 0 Å². The number of carbonyl (C=O) groups excluding carboxylic acids is 1. The molecular formula is C24H30N2O4. The fourth-order valence-electron chi connectivity index (χ4n) is 4.34. The van der Waals surface area contributed by atoms with Crippen LogP contribution in [0, 0.1) is 0 Å². The Hall–Kier alpha value is -2.57. The van der Waals surface area contributed by atoms with Gasteiger partial charge in [0.05, 0.1) is 19.8 Å². The molecule has 0 aromatic heterocycles. The summed E-state index contributed by atoms with van der Waals surface area (Å²) in [6, 6.07) is 16.8. The minimum Gasteiger partial charge on any atom is -0.497 e. The van der Waals surface area contributed by atoms with Crippen molar-refractivity contribution in [2.24, 2.45) is 0 Å². The Morgan fingerprint density at radius 2 is 1.77 bits per heavy atom. The highest BCUT2D eigenvalue weighted by atomic mass is 16.5. The molecule has 0 atom stereocenters. The van der Waals surface area contributed by atoms with E-state index in [-0.39, 0.29) is 5.91 Å². The Morgan fingerprint density at radius 1 is 1.03 bits per heavy atom. The summed E-state index contributed by atoms with van der Waals surface area (Å²) in [5, 5.41) is 0. The number of ether oxygens (including phenoxy) is 3. The van der Waals surface area contributed by atoms with Crippen LogP contribution in [0.15, 0.2) is 48.5 Å². The van der Waals surface area contributed by atoms with Gasteiger partial charge in [-0.3, -0.25) is 9.69 Å². The number of benzene rings is 2. The van der Waals surface area contributed by atoms with Crippen molar-refractivity contribution in [1.82, 2.24) is 9.80 Å². The van der Waals surface area contributed by atoms with Crippen LogP contribution in [0.25, 0.3) is 0 Å². The number of carbonyl (C=O) groups is 1. The molecule has 4 rings (SSSR count). The van der Waals surface area contributed by atoms with Crippen molar-refractivity contribution in [1.29, 1.82) is 0 Å². The predicted octanol–water partition coefficient (Wildman–Crippen LogP) is 3.21. The van der Waals surface area contributed by atoms with Gasteiger partial charge in [-0.25, -0.2) is 0 Å². The molecule has 6 nitrogen and oxygen atoms in total. The smallest absolute Gasteiger partial charge is 0.257 e. The first-order valence-corrected chi connectivity index (χ1v) is 10.6. The summed E-state index contributed by atoms with van der Waals surface area (Å²) in [5.74, 6) is 1.24. The number of methoxy groups -OCH3 is 2. The Balaban J connectivity index is 1.45. The van der Waals surface area contributed by atoms with E-state index in [0.29, 0.717) is 29.1 Å². The van der Waals surface area contributed by atoms with Gasteiger partial charge in [-0.2, -0.15) is 0 Å². The molecular weight excluding hydrogens is 380 g/mol. The highest BCUT2D eigenvalue weighted by Gasteiger charge is 2.39. The van der Waals surface area contributed by atoms with Crippen LogP contribution < -0.4 is 9.47 Å². The minimum absolute atomic E-state index is 0.0115. The topological polar surface area (TPSA) is 51.2 Å². The lowest BCUT2D eigenvalue weighted by Gasteiger charge is -2.49. The number of likely N-dealkylation sites (tertiary alicyclic amines) is 1. The first kappa shape index (κ1) is 20.7. The molecule has 0 spiro atoms. The van der Waals surface area contributed by atoms with E-state index in [1.165, 1.54) is 5.56 Å². The molecule has 1 amide bonds. The summed E-state index contributed by atoms with van der Waals surface area (Å²) in [6.45, 7) is 4.00. The number of rotatable bonds is 7.